The van der Waals surface area contributed by atoms with Crippen LogP contribution >= 0.6 is 0 Å². The summed E-state index contributed by atoms with van der Waals surface area (Å²) in [5.41, 5.74) is 2.19. The van der Waals surface area contributed by atoms with Crippen LogP contribution in [0.5, 0.6) is 0 Å². The summed E-state index contributed by atoms with van der Waals surface area (Å²) in [5.74, 6) is 0. The SMILES string of the molecule is [2H]c1c([2H])c([2H])c2c([2H])c(-c3c4c([2H])c([2H])c([2H])c([2H])c4c(-c4cccc(-c5cccc6oc7cc8ccccc8cc7c56)c4)c4c([2H])c([2H])c([2H])c([2H])c34)c([2H])c([2H])c2c1[2H]. The van der Waals surface area contributed by atoms with Crippen LogP contribution in [0.4, 0.5) is 0 Å². The van der Waals surface area contributed by atoms with Gasteiger partial charge in [-0.2, -0.15) is 0 Å². The molecule has 1 aromatic heterocycles. The van der Waals surface area contributed by atoms with Gasteiger partial charge in [0.1, 0.15) is 11.2 Å². The molecule has 1 heterocycles. The molecule has 0 saturated carbocycles. The minimum atomic E-state index is -0.738. The number of fused-ring (bicyclic) bond motifs is 7. The van der Waals surface area contributed by atoms with Gasteiger partial charge in [-0.25, -0.2) is 0 Å². The van der Waals surface area contributed by atoms with Crippen LogP contribution < -0.4 is 0 Å². The lowest BCUT2D eigenvalue weighted by molar-refractivity contribution is 0.669. The Kier molecular flexibility index (Phi) is 3.33. The lowest BCUT2D eigenvalue weighted by Gasteiger charge is -2.18. The van der Waals surface area contributed by atoms with Crippen LogP contribution in [0.15, 0.2) is 174 Å². The van der Waals surface area contributed by atoms with E-state index in [0.29, 0.717) is 22.3 Å². The largest absolute Gasteiger partial charge is 0.456 e. The molecular formula is C46H28O. The van der Waals surface area contributed by atoms with Gasteiger partial charge in [-0.1, -0.05) is 139 Å². The molecule has 0 amide bonds. The average Bonchev–Trinajstić information content (AvgIpc) is 3.64. The fourth-order valence-corrected chi connectivity index (χ4v) is 6.66. The Morgan fingerprint density at radius 1 is 0.404 bits per heavy atom. The quantitative estimate of drug-likeness (QED) is 0.181. The van der Waals surface area contributed by atoms with Gasteiger partial charge in [0, 0.05) is 10.8 Å². The second-order valence-electron chi connectivity index (χ2n) is 11.3. The van der Waals surface area contributed by atoms with E-state index >= 15 is 0 Å². The zero-order chi connectivity index (χ0) is 44.0. The summed E-state index contributed by atoms with van der Waals surface area (Å²) in [6, 6.07) is 14.6. The summed E-state index contributed by atoms with van der Waals surface area (Å²) in [6.07, 6.45) is 0. The van der Waals surface area contributed by atoms with E-state index in [9.17, 15) is 8.22 Å². The van der Waals surface area contributed by atoms with E-state index in [2.05, 4.69) is 6.07 Å². The molecule has 0 atom stereocenters. The average molecular weight is 612 g/mol. The van der Waals surface area contributed by atoms with E-state index in [0.717, 1.165) is 27.1 Å². The minimum absolute atomic E-state index is 0.0293. The predicted octanol–water partition coefficient (Wildman–Crippen LogP) is 13.2. The highest BCUT2D eigenvalue weighted by atomic mass is 16.3. The molecule has 10 aromatic rings. The Balaban J connectivity index is 1.39. The number of furan rings is 1. The first-order chi connectivity index (χ1) is 29.5. The van der Waals surface area contributed by atoms with Gasteiger partial charge in [-0.3, -0.25) is 0 Å². The van der Waals surface area contributed by atoms with Crippen LogP contribution in [0.2, 0.25) is 0 Å². The maximum absolute atomic E-state index is 9.46. The number of hydrogen-bond acceptors (Lipinski definition) is 1. The molecule has 0 aliphatic carbocycles. The molecule has 0 spiro atoms. The van der Waals surface area contributed by atoms with E-state index in [1.54, 1.807) is 18.2 Å². The first-order valence-electron chi connectivity index (χ1n) is 22.5. The summed E-state index contributed by atoms with van der Waals surface area (Å²) in [6.45, 7) is 0. The second kappa shape index (κ2) is 10.2. The molecular weight excluding hydrogens is 569 g/mol. The van der Waals surface area contributed by atoms with Gasteiger partial charge in [0.25, 0.3) is 0 Å². The molecule has 0 bridgehead atoms. The zero-order valence-corrected chi connectivity index (χ0v) is 24.4. The molecule has 0 saturated heterocycles. The molecule has 10 rings (SSSR count). The summed E-state index contributed by atoms with van der Waals surface area (Å²) in [7, 11) is 0. The predicted molar refractivity (Wildman–Crippen MR) is 200 cm³/mol. The standard InChI is InChI=1S/C46H28O/c1-2-12-30-25-35(24-23-29(30)11-1)45-39-19-7-5-17-37(39)44(38-18-6-8-20-40(38)45)34-16-9-15-33(26-34)36-21-10-22-42-46(36)41-27-31-13-3-4-14-32(31)28-43(41)47-42/h1-28H/i1D,2D,5D,6D,7D,8D,11D,12D,17D,18D,19D,20D,23D,24D,25D. The molecule has 1 heteroatoms. The van der Waals surface area contributed by atoms with Crippen LogP contribution in [0.3, 0.4) is 0 Å². The van der Waals surface area contributed by atoms with Gasteiger partial charge in [0.15, 0.2) is 0 Å². The van der Waals surface area contributed by atoms with Crippen molar-refractivity contribution in [1.82, 2.24) is 0 Å². The Morgan fingerprint density at radius 2 is 1.02 bits per heavy atom. The zero-order valence-electron chi connectivity index (χ0n) is 39.4. The first-order valence-corrected chi connectivity index (χ1v) is 15.0. The first kappa shape index (κ1) is 15.4. The highest BCUT2D eigenvalue weighted by molar-refractivity contribution is 6.22. The molecule has 0 aliphatic rings. The number of hydrogen-bond donors (Lipinski definition) is 0. The van der Waals surface area contributed by atoms with Crippen molar-refractivity contribution >= 4 is 65.0 Å². The lowest BCUT2D eigenvalue weighted by atomic mass is 9.85. The fraction of sp³-hybridized carbons (Fsp3) is 0. The second-order valence-corrected chi connectivity index (χ2v) is 11.3. The van der Waals surface area contributed by atoms with Gasteiger partial charge in [0.2, 0.25) is 0 Å². The summed E-state index contributed by atoms with van der Waals surface area (Å²) < 4.78 is 141. The minimum Gasteiger partial charge on any atom is -0.456 e. The molecule has 0 N–H and O–H groups in total. The Hall–Kier alpha value is -6.18. The molecule has 0 radical (unpaired) electrons. The van der Waals surface area contributed by atoms with Gasteiger partial charge >= 0.3 is 0 Å². The highest BCUT2D eigenvalue weighted by Crippen LogP contribution is 2.45. The molecule has 218 valence electrons. The summed E-state index contributed by atoms with van der Waals surface area (Å²) in [4.78, 5) is 0. The van der Waals surface area contributed by atoms with Crippen molar-refractivity contribution in [1.29, 1.82) is 0 Å². The van der Waals surface area contributed by atoms with Crippen molar-refractivity contribution < 1.29 is 25.0 Å². The molecule has 0 aliphatic heterocycles. The summed E-state index contributed by atoms with van der Waals surface area (Å²) in [5, 5.41) is 1.87. The third-order valence-corrected chi connectivity index (χ3v) is 8.70. The van der Waals surface area contributed by atoms with Crippen molar-refractivity contribution in [2.45, 2.75) is 0 Å². The van der Waals surface area contributed by atoms with Crippen LogP contribution in [0, 0.1) is 0 Å². The Bertz CT molecular complexity index is 3620. The monoisotopic (exact) mass is 611 g/mol. The Labute approximate surface area is 293 Å². The molecule has 0 unspecified atom stereocenters. The van der Waals surface area contributed by atoms with E-state index in [1.165, 1.54) is 0 Å². The topological polar surface area (TPSA) is 13.1 Å². The van der Waals surface area contributed by atoms with Gasteiger partial charge < -0.3 is 4.42 Å². The molecule has 0 fully saturated rings. The van der Waals surface area contributed by atoms with Gasteiger partial charge in [-0.05, 0) is 107 Å². The molecule has 9 aromatic carbocycles. The van der Waals surface area contributed by atoms with Crippen molar-refractivity contribution in [3.05, 3.63) is 169 Å². The van der Waals surface area contributed by atoms with Crippen molar-refractivity contribution in [3.8, 4) is 33.4 Å². The van der Waals surface area contributed by atoms with Crippen LogP contribution in [0.1, 0.15) is 20.6 Å². The molecule has 47 heavy (non-hydrogen) atoms. The fourth-order valence-electron chi connectivity index (χ4n) is 6.66. The smallest absolute Gasteiger partial charge is 0.136 e. The van der Waals surface area contributed by atoms with Crippen LogP contribution in [-0.4, -0.2) is 0 Å². The van der Waals surface area contributed by atoms with E-state index in [-0.39, 0.29) is 32.7 Å². The third kappa shape index (κ3) is 4.03. The van der Waals surface area contributed by atoms with Gasteiger partial charge in [0.05, 0.1) is 20.6 Å². The normalized spacial score (nSPS) is 16.3. The van der Waals surface area contributed by atoms with E-state index < -0.39 is 107 Å². The van der Waals surface area contributed by atoms with Crippen LogP contribution in [0.25, 0.3) is 98.4 Å². The van der Waals surface area contributed by atoms with Crippen molar-refractivity contribution in [2.75, 3.05) is 0 Å². The van der Waals surface area contributed by atoms with Crippen LogP contribution in [-0.2, 0) is 0 Å². The lowest BCUT2D eigenvalue weighted by Crippen LogP contribution is -1.91. The maximum Gasteiger partial charge on any atom is 0.136 e. The van der Waals surface area contributed by atoms with Gasteiger partial charge in [-0.15, -0.1) is 0 Å². The van der Waals surface area contributed by atoms with Crippen molar-refractivity contribution in [3.63, 3.8) is 0 Å². The summed E-state index contributed by atoms with van der Waals surface area (Å²) >= 11 is 0. The van der Waals surface area contributed by atoms with E-state index in [4.69, 9.17) is 16.8 Å². The Morgan fingerprint density at radius 3 is 1.77 bits per heavy atom. The maximum atomic E-state index is 9.46. The number of benzene rings is 9. The third-order valence-electron chi connectivity index (χ3n) is 8.70. The highest BCUT2D eigenvalue weighted by Gasteiger charge is 2.18. The number of rotatable bonds is 3. The molecule has 1 nitrogen and oxygen atoms in total. The van der Waals surface area contributed by atoms with Crippen molar-refractivity contribution in [2.24, 2.45) is 0 Å². The van der Waals surface area contributed by atoms with E-state index in [1.807, 2.05) is 54.6 Å².